The van der Waals surface area contributed by atoms with Gasteiger partial charge in [-0.2, -0.15) is 0 Å². The zero-order valence-corrected chi connectivity index (χ0v) is 14.2. The lowest BCUT2D eigenvalue weighted by Crippen LogP contribution is -2.26. The highest BCUT2D eigenvalue weighted by molar-refractivity contribution is 6.30. The number of hydrogen-bond acceptors (Lipinski definition) is 6. The van der Waals surface area contributed by atoms with Gasteiger partial charge in [-0.1, -0.05) is 23.7 Å². The standard InChI is InChI=1S/C18H16ClN3O3/c1-11(25-13-8-6-12(19)7-9-13)18(23)24-10-16-21-15-5-3-2-4-14(15)17(20)22-16/h2-9,11H,10H2,1H3,(H2,20,21,22)/t11-/m1/s1. The second-order valence-corrected chi connectivity index (χ2v) is 5.80. The minimum Gasteiger partial charge on any atom is -0.479 e. The van der Waals surface area contributed by atoms with E-state index in [1.807, 2.05) is 24.3 Å². The molecule has 0 unspecified atom stereocenters. The van der Waals surface area contributed by atoms with Crippen LogP contribution in [0.4, 0.5) is 5.82 Å². The van der Waals surface area contributed by atoms with Gasteiger partial charge in [0.2, 0.25) is 0 Å². The number of nitrogen functional groups attached to an aromatic ring is 1. The Kier molecular flexibility index (Phi) is 5.00. The molecular formula is C18H16ClN3O3. The number of esters is 1. The van der Waals surface area contributed by atoms with E-state index in [0.29, 0.717) is 27.9 Å². The maximum absolute atomic E-state index is 12.1. The molecule has 1 aromatic heterocycles. The highest BCUT2D eigenvalue weighted by atomic mass is 35.5. The SMILES string of the molecule is C[C@@H](Oc1ccc(Cl)cc1)C(=O)OCc1nc(N)c2ccccc2n1. The molecule has 3 rings (SSSR count). The summed E-state index contributed by atoms with van der Waals surface area (Å²) in [6, 6.07) is 14.1. The molecular weight excluding hydrogens is 342 g/mol. The summed E-state index contributed by atoms with van der Waals surface area (Å²) in [5.74, 6) is 0.690. The van der Waals surface area contributed by atoms with Gasteiger partial charge in [0.1, 0.15) is 11.6 Å². The Morgan fingerprint density at radius 3 is 2.64 bits per heavy atom. The average Bonchev–Trinajstić information content (AvgIpc) is 2.61. The molecule has 0 bridgehead atoms. The number of anilines is 1. The quantitative estimate of drug-likeness (QED) is 0.704. The van der Waals surface area contributed by atoms with Crippen LogP contribution >= 0.6 is 11.6 Å². The normalized spacial score (nSPS) is 11.9. The van der Waals surface area contributed by atoms with Gasteiger partial charge in [-0.3, -0.25) is 0 Å². The van der Waals surface area contributed by atoms with Gasteiger partial charge in [0.25, 0.3) is 0 Å². The van der Waals surface area contributed by atoms with Gasteiger partial charge in [-0.05, 0) is 43.3 Å². The number of nitrogens with two attached hydrogens (primary N) is 1. The van der Waals surface area contributed by atoms with Crippen molar-refractivity contribution in [3.05, 3.63) is 59.4 Å². The number of ether oxygens (including phenoxy) is 2. The molecule has 0 spiro atoms. The van der Waals surface area contributed by atoms with Gasteiger partial charge in [0, 0.05) is 10.4 Å². The van der Waals surface area contributed by atoms with E-state index in [-0.39, 0.29) is 6.61 Å². The van der Waals surface area contributed by atoms with Crippen molar-refractivity contribution >= 4 is 34.3 Å². The lowest BCUT2D eigenvalue weighted by molar-refractivity contribution is -0.152. The maximum Gasteiger partial charge on any atom is 0.347 e. The van der Waals surface area contributed by atoms with E-state index in [4.69, 9.17) is 26.8 Å². The first-order valence-corrected chi connectivity index (χ1v) is 8.01. The van der Waals surface area contributed by atoms with Gasteiger partial charge >= 0.3 is 5.97 Å². The van der Waals surface area contributed by atoms with Crippen molar-refractivity contribution in [1.82, 2.24) is 9.97 Å². The van der Waals surface area contributed by atoms with Crippen molar-refractivity contribution in [3.8, 4) is 5.75 Å². The number of rotatable bonds is 5. The minimum atomic E-state index is -0.779. The van der Waals surface area contributed by atoms with E-state index < -0.39 is 12.1 Å². The van der Waals surface area contributed by atoms with E-state index in [1.165, 1.54) is 0 Å². The molecule has 25 heavy (non-hydrogen) atoms. The Bertz CT molecular complexity index is 900. The fourth-order valence-electron chi connectivity index (χ4n) is 2.23. The molecule has 1 heterocycles. The average molecular weight is 358 g/mol. The predicted molar refractivity (Wildman–Crippen MR) is 95.3 cm³/mol. The number of aromatic nitrogens is 2. The summed E-state index contributed by atoms with van der Waals surface area (Å²) < 4.78 is 10.7. The fraction of sp³-hybridized carbons (Fsp3) is 0.167. The second-order valence-electron chi connectivity index (χ2n) is 5.36. The van der Waals surface area contributed by atoms with Crippen LogP contribution in [0.1, 0.15) is 12.7 Å². The molecule has 0 aliphatic heterocycles. The Balaban J connectivity index is 1.62. The first-order valence-electron chi connectivity index (χ1n) is 7.63. The van der Waals surface area contributed by atoms with Crippen LogP contribution in [0.25, 0.3) is 10.9 Å². The predicted octanol–water partition coefficient (Wildman–Crippen LogP) is 3.38. The van der Waals surface area contributed by atoms with Gasteiger partial charge in [-0.15, -0.1) is 0 Å². The Morgan fingerprint density at radius 1 is 1.16 bits per heavy atom. The molecule has 3 aromatic rings. The van der Waals surface area contributed by atoms with Crippen LogP contribution in [0.15, 0.2) is 48.5 Å². The number of carbonyl (C=O) groups is 1. The van der Waals surface area contributed by atoms with Crippen molar-refractivity contribution < 1.29 is 14.3 Å². The van der Waals surface area contributed by atoms with Gasteiger partial charge in [0.15, 0.2) is 18.5 Å². The van der Waals surface area contributed by atoms with Crippen molar-refractivity contribution in [3.63, 3.8) is 0 Å². The number of halogens is 1. The fourth-order valence-corrected chi connectivity index (χ4v) is 2.36. The molecule has 7 heteroatoms. The van der Waals surface area contributed by atoms with Gasteiger partial charge in [-0.25, -0.2) is 14.8 Å². The summed E-state index contributed by atoms with van der Waals surface area (Å²) in [5.41, 5.74) is 6.61. The van der Waals surface area contributed by atoms with E-state index in [2.05, 4.69) is 9.97 Å². The largest absolute Gasteiger partial charge is 0.479 e. The molecule has 2 N–H and O–H groups in total. The van der Waals surface area contributed by atoms with E-state index >= 15 is 0 Å². The first-order chi connectivity index (χ1) is 12.0. The smallest absolute Gasteiger partial charge is 0.347 e. The maximum atomic E-state index is 12.1. The monoisotopic (exact) mass is 357 g/mol. The second kappa shape index (κ2) is 7.36. The molecule has 0 saturated carbocycles. The van der Waals surface area contributed by atoms with Crippen LogP contribution < -0.4 is 10.5 Å². The lowest BCUT2D eigenvalue weighted by atomic mass is 10.2. The number of carbonyl (C=O) groups excluding carboxylic acids is 1. The Hall–Kier alpha value is -2.86. The molecule has 0 aliphatic carbocycles. The summed E-state index contributed by atoms with van der Waals surface area (Å²) in [5, 5.41) is 1.35. The molecule has 2 aromatic carbocycles. The molecule has 6 nitrogen and oxygen atoms in total. The molecule has 1 atom stereocenters. The summed E-state index contributed by atoms with van der Waals surface area (Å²) in [6.45, 7) is 1.52. The van der Waals surface area contributed by atoms with Crippen molar-refractivity contribution in [2.45, 2.75) is 19.6 Å². The number of nitrogens with zero attached hydrogens (tertiary/aromatic N) is 2. The number of para-hydroxylation sites is 1. The number of benzene rings is 2. The van der Waals surface area contributed by atoms with Crippen LogP contribution in [0, 0.1) is 0 Å². The van der Waals surface area contributed by atoms with Crippen molar-refractivity contribution in [2.75, 3.05) is 5.73 Å². The van der Waals surface area contributed by atoms with E-state index in [9.17, 15) is 4.79 Å². The van der Waals surface area contributed by atoms with Gasteiger partial charge in [0.05, 0.1) is 5.52 Å². The van der Waals surface area contributed by atoms with Crippen molar-refractivity contribution in [1.29, 1.82) is 0 Å². The summed E-state index contributed by atoms with van der Waals surface area (Å²) in [4.78, 5) is 20.6. The molecule has 128 valence electrons. The van der Waals surface area contributed by atoms with Crippen LogP contribution in [0.5, 0.6) is 5.75 Å². The first kappa shape index (κ1) is 17.0. The zero-order chi connectivity index (χ0) is 17.8. The number of fused-ring (bicyclic) bond motifs is 1. The highest BCUT2D eigenvalue weighted by Crippen LogP contribution is 2.18. The molecule has 0 aliphatic rings. The lowest BCUT2D eigenvalue weighted by Gasteiger charge is -2.14. The molecule has 0 fully saturated rings. The van der Waals surface area contributed by atoms with Gasteiger partial charge < -0.3 is 15.2 Å². The Morgan fingerprint density at radius 2 is 1.88 bits per heavy atom. The van der Waals surface area contributed by atoms with E-state index in [0.717, 1.165) is 5.39 Å². The highest BCUT2D eigenvalue weighted by Gasteiger charge is 2.17. The molecule has 0 amide bonds. The summed E-state index contributed by atoms with van der Waals surface area (Å²) in [6.07, 6.45) is -0.779. The third-order valence-corrected chi connectivity index (χ3v) is 3.73. The van der Waals surface area contributed by atoms with E-state index in [1.54, 1.807) is 31.2 Å². The molecule has 0 saturated heterocycles. The van der Waals surface area contributed by atoms with Crippen LogP contribution in [-0.4, -0.2) is 22.0 Å². The van der Waals surface area contributed by atoms with Crippen LogP contribution in [0.2, 0.25) is 5.02 Å². The van der Waals surface area contributed by atoms with Crippen LogP contribution in [-0.2, 0) is 16.1 Å². The summed E-state index contributed by atoms with van der Waals surface area (Å²) >= 11 is 5.81. The Labute approximate surface area is 149 Å². The third kappa shape index (κ3) is 4.16. The topological polar surface area (TPSA) is 87.3 Å². The van der Waals surface area contributed by atoms with Crippen molar-refractivity contribution in [2.24, 2.45) is 0 Å². The zero-order valence-electron chi connectivity index (χ0n) is 13.5. The summed E-state index contributed by atoms with van der Waals surface area (Å²) in [7, 11) is 0. The molecule has 0 radical (unpaired) electrons. The minimum absolute atomic E-state index is 0.0812. The van der Waals surface area contributed by atoms with Crippen LogP contribution in [0.3, 0.4) is 0 Å². The third-order valence-electron chi connectivity index (χ3n) is 3.48. The number of hydrogen-bond donors (Lipinski definition) is 1.